The van der Waals surface area contributed by atoms with Gasteiger partial charge < -0.3 is 15.8 Å². The van der Waals surface area contributed by atoms with Crippen LogP contribution in [0.25, 0.3) is 22.0 Å². The SMILES string of the molecule is Cc1cc(O)c(-c2ccc([C@@H](C)CN)cc2)c2c(C)c(C(F)(F)F)c(=O)[nH]c12.Cl. The molecule has 0 aliphatic rings. The summed E-state index contributed by atoms with van der Waals surface area (Å²) in [6, 6.07) is 8.59. The Morgan fingerprint density at radius 1 is 1.17 bits per heavy atom. The van der Waals surface area contributed by atoms with Crippen LogP contribution < -0.4 is 11.3 Å². The zero-order valence-electron chi connectivity index (χ0n) is 16.1. The van der Waals surface area contributed by atoms with Gasteiger partial charge in [-0.1, -0.05) is 31.2 Å². The van der Waals surface area contributed by atoms with Crippen LogP contribution in [0.1, 0.15) is 35.1 Å². The summed E-state index contributed by atoms with van der Waals surface area (Å²) < 4.78 is 40.4. The lowest BCUT2D eigenvalue weighted by Crippen LogP contribution is -2.23. The largest absolute Gasteiger partial charge is 0.507 e. The summed E-state index contributed by atoms with van der Waals surface area (Å²) in [5.41, 5.74) is 5.59. The number of nitrogens with one attached hydrogen (secondary N) is 1. The van der Waals surface area contributed by atoms with Gasteiger partial charge >= 0.3 is 6.18 Å². The monoisotopic (exact) mass is 426 g/mol. The van der Waals surface area contributed by atoms with E-state index in [4.69, 9.17) is 5.73 Å². The number of alkyl halides is 3. The third-order valence-corrected chi connectivity index (χ3v) is 5.12. The Morgan fingerprint density at radius 2 is 1.76 bits per heavy atom. The van der Waals surface area contributed by atoms with E-state index in [-0.39, 0.29) is 46.1 Å². The molecule has 0 unspecified atom stereocenters. The molecule has 0 radical (unpaired) electrons. The van der Waals surface area contributed by atoms with Gasteiger partial charge in [0, 0.05) is 10.9 Å². The van der Waals surface area contributed by atoms with Crippen molar-refractivity contribution in [2.24, 2.45) is 5.73 Å². The van der Waals surface area contributed by atoms with E-state index < -0.39 is 17.3 Å². The molecule has 2 aromatic carbocycles. The summed E-state index contributed by atoms with van der Waals surface area (Å²) >= 11 is 0. The van der Waals surface area contributed by atoms with Crippen molar-refractivity contribution in [3.63, 3.8) is 0 Å². The van der Waals surface area contributed by atoms with Crippen LogP contribution in [0.15, 0.2) is 35.1 Å². The van der Waals surface area contributed by atoms with E-state index >= 15 is 0 Å². The van der Waals surface area contributed by atoms with Crippen LogP contribution in [-0.4, -0.2) is 16.6 Å². The third-order valence-electron chi connectivity index (χ3n) is 5.12. The highest BCUT2D eigenvalue weighted by atomic mass is 35.5. The molecule has 0 bridgehead atoms. The Hall–Kier alpha value is -2.51. The van der Waals surface area contributed by atoms with Crippen molar-refractivity contribution in [3.8, 4) is 16.9 Å². The van der Waals surface area contributed by atoms with Crippen molar-refractivity contribution in [2.45, 2.75) is 32.9 Å². The first kappa shape index (κ1) is 22.8. The van der Waals surface area contributed by atoms with Gasteiger partial charge in [0.15, 0.2) is 0 Å². The molecule has 4 N–H and O–H groups in total. The van der Waals surface area contributed by atoms with Crippen LogP contribution in [-0.2, 0) is 6.18 Å². The highest BCUT2D eigenvalue weighted by molar-refractivity contribution is 6.02. The average Bonchev–Trinajstić information content (AvgIpc) is 2.61. The molecule has 0 spiro atoms. The van der Waals surface area contributed by atoms with Gasteiger partial charge in [0.1, 0.15) is 11.3 Å². The first-order chi connectivity index (χ1) is 13.1. The summed E-state index contributed by atoms with van der Waals surface area (Å²) in [7, 11) is 0. The number of aryl methyl sites for hydroxylation is 2. The molecule has 0 amide bonds. The van der Waals surface area contributed by atoms with Crippen molar-refractivity contribution in [2.75, 3.05) is 6.54 Å². The van der Waals surface area contributed by atoms with Gasteiger partial charge in [0.2, 0.25) is 0 Å². The smallest absolute Gasteiger partial charge is 0.421 e. The Bertz CT molecular complexity index is 1110. The molecule has 29 heavy (non-hydrogen) atoms. The molecule has 1 atom stereocenters. The van der Waals surface area contributed by atoms with E-state index in [1.165, 1.54) is 13.0 Å². The van der Waals surface area contributed by atoms with Gasteiger partial charge in [-0.2, -0.15) is 13.2 Å². The van der Waals surface area contributed by atoms with Crippen molar-refractivity contribution < 1.29 is 18.3 Å². The van der Waals surface area contributed by atoms with Crippen molar-refractivity contribution in [3.05, 3.63) is 62.9 Å². The van der Waals surface area contributed by atoms with Crippen LogP contribution >= 0.6 is 12.4 Å². The standard InChI is InChI=1S/C21H21F3N2O2.ClH/c1-10-8-15(27)17(14-6-4-13(5-7-14)11(2)9-25)16-12(3)18(21(22,23)24)20(28)26-19(10)16;/h4-8,11,27H,9,25H2,1-3H3,(H,26,28);1H/t11-;/m0./s1. The number of benzene rings is 2. The predicted octanol–water partition coefficient (Wildman–Crippen LogP) is 5.02. The molecular weight excluding hydrogens is 405 g/mol. The average molecular weight is 427 g/mol. The Labute approximate surface area is 172 Å². The van der Waals surface area contributed by atoms with Gasteiger partial charge in [0.05, 0.1) is 5.52 Å². The number of aromatic hydroxyl groups is 1. The van der Waals surface area contributed by atoms with Crippen LogP contribution in [0.3, 0.4) is 0 Å². The quantitative estimate of drug-likeness (QED) is 0.550. The minimum atomic E-state index is -4.80. The topological polar surface area (TPSA) is 79.1 Å². The fourth-order valence-corrected chi connectivity index (χ4v) is 3.56. The summed E-state index contributed by atoms with van der Waals surface area (Å²) in [6.45, 7) is 5.32. The summed E-state index contributed by atoms with van der Waals surface area (Å²) in [5.74, 6) is -0.0137. The van der Waals surface area contributed by atoms with Gasteiger partial charge in [-0.25, -0.2) is 0 Å². The third kappa shape index (κ3) is 3.97. The van der Waals surface area contributed by atoms with E-state index in [1.807, 2.05) is 19.1 Å². The lowest BCUT2D eigenvalue weighted by atomic mass is 9.91. The van der Waals surface area contributed by atoms with Crippen LogP contribution in [0.4, 0.5) is 13.2 Å². The van der Waals surface area contributed by atoms with Gasteiger partial charge in [-0.3, -0.25) is 4.79 Å². The Kier molecular flexibility index (Phi) is 6.35. The summed E-state index contributed by atoms with van der Waals surface area (Å²) in [6.07, 6.45) is -4.80. The Morgan fingerprint density at radius 3 is 2.28 bits per heavy atom. The number of hydrogen-bond donors (Lipinski definition) is 3. The predicted molar refractivity (Wildman–Crippen MR) is 111 cm³/mol. The molecule has 156 valence electrons. The number of aromatic amines is 1. The van der Waals surface area contributed by atoms with Crippen LogP contribution in [0, 0.1) is 13.8 Å². The second-order valence-corrected chi connectivity index (χ2v) is 7.05. The van der Waals surface area contributed by atoms with Crippen molar-refractivity contribution in [1.29, 1.82) is 0 Å². The number of phenols is 1. The van der Waals surface area contributed by atoms with Crippen molar-refractivity contribution >= 4 is 23.3 Å². The first-order valence-corrected chi connectivity index (χ1v) is 8.83. The number of H-pyrrole nitrogens is 1. The molecule has 1 aromatic heterocycles. The molecule has 4 nitrogen and oxygen atoms in total. The number of pyridine rings is 1. The molecule has 8 heteroatoms. The zero-order chi connectivity index (χ0) is 20.8. The summed E-state index contributed by atoms with van der Waals surface area (Å²) in [4.78, 5) is 14.4. The first-order valence-electron chi connectivity index (χ1n) is 8.83. The lowest BCUT2D eigenvalue weighted by Gasteiger charge is -2.18. The van der Waals surface area contributed by atoms with E-state index in [1.54, 1.807) is 19.1 Å². The molecule has 0 aliphatic carbocycles. The molecule has 0 saturated heterocycles. The fraction of sp³-hybridized carbons (Fsp3) is 0.286. The molecule has 0 fully saturated rings. The summed E-state index contributed by atoms with van der Waals surface area (Å²) in [5, 5.41) is 10.7. The molecule has 3 aromatic rings. The number of rotatable bonds is 3. The number of nitrogens with two attached hydrogens (primary N) is 1. The van der Waals surface area contributed by atoms with E-state index in [9.17, 15) is 23.1 Å². The fourth-order valence-electron chi connectivity index (χ4n) is 3.56. The second kappa shape index (κ2) is 8.08. The molecule has 0 saturated carbocycles. The van der Waals surface area contributed by atoms with Crippen LogP contribution in [0.2, 0.25) is 0 Å². The Balaban J connectivity index is 0.00000300. The number of hydrogen-bond acceptors (Lipinski definition) is 3. The van der Waals surface area contributed by atoms with Crippen LogP contribution in [0.5, 0.6) is 5.75 Å². The maximum atomic E-state index is 13.5. The second-order valence-electron chi connectivity index (χ2n) is 7.05. The molecule has 0 aliphatic heterocycles. The number of phenolic OH excluding ortho intramolecular Hbond substituents is 1. The normalized spacial score (nSPS) is 12.7. The maximum absolute atomic E-state index is 13.5. The number of aromatic nitrogens is 1. The van der Waals surface area contributed by atoms with Gasteiger partial charge in [-0.15, -0.1) is 12.4 Å². The van der Waals surface area contributed by atoms with E-state index in [2.05, 4.69) is 4.98 Å². The maximum Gasteiger partial charge on any atom is 0.421 e. The van der Waals surface area contributed by atoms with E-state index in [0.717, 1.165) is 5.56 Å². The van der Waals surface area contributed by atoms with E-state index in [0.29, 0.717) is 17.7 Å². The molecule has 3 rings (SSSR count). The number of fused-ring (bicyclic) bond motifs is 1. The highest BCUT2D eigenvalue weighted by Crippen LogP contribution is 2.41. The zero-order valence-corrected chi connectivity index (χ0v) is 17.0. The van der Waals surface area contributed by atoms with Gasteiger partial charge in [0.25, 0.3) is 5.56 Å². The minimum Gasteiger partial charge on any atom is -0.507 e. The molecular formula is C21H22ClF3N2O2. The van der Waals surface area contributed by atoms with Gasteiger partial charge in [-0.05, 0) is 54.6 Å². The highest BCUT2D eigenvalue weighted by Gasteiger charge is 2.37. The number of halogens is 4. The minimum absolute atomic E-state index is 0. The molecule has 1 heterocycles. The van der Waals surface area contributed by atoms with Crippen molar-refractivity contribution in [1.82, 2.24) is 4.98 Å². The lowest BCUT2D eigenvalue weighted by molar-refractivity contribution is -0.139.